The zero-order chi connectivity index (χ0) is 19.1. The van der Waals surface area contributed by atoms with Gasteiger partial charge >= 0.3 is 5.97 Å². The van der Waals surface area contributed by atoms with Crippen molar-refractivity contribution in [2.24, 2.45) is 0 Å². The number of hydrogen-bond donors (Lipinski definition) is 1. The lowest BCUT2D eigenvalue weighted by atomic mass is 10.1. The summed E-state index contributed by atoms with van der Waals surface area (Å²) in [6.07, 6.45) is 0. The van der Waals surface area contributed by atoms with E-state index in [2.05, 4.69) is 10.1 Å². The number of esters is 1. The van der Waals surface area contributed by atoms with E-state index in [1.165, 1.54) is 13.0 Å². The molecule has 0 radical (unpaired) electrons. The summed E-state index contributed by atoms with van der Waals surface area (Å²) in [5.74, 6) is -3.07. The second-order valence-electron chi connectivity index (χ2n) is 5.21. The molecule has 1 amide bonds. The molecule has 0 heterocycles. The van der Waals surface area contributed by atoms with Gasteiger partial charge in [0.1, 0.15) is 17.4 Å². The number of amides is 1. The van der Waals surface area contributed by atoms with Crippen molar-refractivity contribution >= 4 is 23.3 Å². The van der Waals surface area contributed by atoms with E-state index in [1.54, 1.807) is 18.2 Å². The molecule has 0 aliphatic carbocycles. The molecule has 0 atom stereocenters. The van der Waals surface area contributed by atoms with Crippen LogP contribution >= 0.6 is 0 Å². The van der Waals surface area contributed by atoms with E-state index in [-0.39, 0.29) is 11.5 Å². The Hall–Kier alpha value is -3.29. The molecule has 6 nitrogen and oxygen atoms in total. The van der Waals surface area contributed by atoms with E-state index in [0.29, 0.717) is 11.3 Å². The number of halogens is 2. The van der Waals surface area contributed by atoms with E-state index in [9.17, 15) is 23.2 Å². The Morgan fingerprint density at radius 3 is 2.54 bits per heavy atom. The Morgan fingerprint density at radius 2 is 1.81 bits per heavy atom. The van der Waals surface area contributed by atoms with Crippen molar-refractivity contribution in [3.05, 3.63) is 59.7 Å². The average Bonchev–Trinajstić information content (AvgIpc) is 2.61. The maximum atomic E-state index is 13.4. The Balaban J connectivity index is 1.79. The van der Waals surface area contributed by atoms with Crippen molar-refractivity contribution in [1.82, 2.24) is 0 Å². The van der Waals surface area contributed by atoms with Crippen LogP contribution < -0.4 is 10.1 Å². The van der Waals surface area contributed by atoms with Gasteiger partial charge in [0.15, 0.2) is 19.0 Å². The smallest absolute Gasteiger partial charge is 0.344 e. The van der Waals surface area contributed by atoms with Crippen LogP contribution in [0, 0.1) is 11.6 Å². The summed E-state index contributed by atoms with van der Waals surface area (Å²) >= 11 is 0. The monoisotopic (exact) mass is 363 g/mol. The highest BCUT2D eigenvalue weighted by molar-refractivity contribution is 5.94. The van der Waals surface area contributed by atoms with Crippen molar-refractivity contribution in [3.63, 3.8) is 0 Å². The Labute approximate surface area is 147 Å². The van der Waals surface area contributed by atoms with Crippen molar-refractivity contribution < 1.29 is 32.6 Å². The number of benzene rings is 2. The average molecular weight is 363 g/mol. The van der Waals surface area contributed by atoms with Gasteiger partial charge in [0, 0.05) is 11.6 Å². The molecule has 8 heteroatoms. The highest BCUT2D eigenvalue weighted by Gasteiger charge is 2.12. The van der Waals surface area contributed by atoms with Crippen molar-refractivity contribution in [3.8, 4) is 5.75 Å². The predicted octanol–water partition coefficient (Wildman–Crippen LogP) is 2.73. The van der Waals surface area contributed by atoms with Gasteiger partial charge in [0.25, 0.3) is 5.91 Å². The summed E-state index contributed by atoms with van der Waals surface area (Å²) in [4.78, 5) is 34.5. The molecule has 2 rings (SSSR count). The van der Waals surface area contributed by atoms with E-state index < -0.39 is 36.7 Å². The first-order chi connectivity index (χ1) is 12.3. The number of carbonyl (C=O) groups is 3. The molecule has 0 unspecified atom stereocenters. The van der Waals surface area contributed by atoms with Crippen LogP contribution in [0.4, 0.5) is 14.5 Å². The molecular weight excluding hydrogens is 348 g/mol. The first kappa shape index (κ1) is 19.0. The molecule has 0 aromatic heterocycles. The molecule has 26 heavy (non-hydrogen) atoms. The first-order valence-corrected chi connectivity index (χ1v) is 7.49. The van der Waals surface area contributed by atoms with Crippen LogP contribution in [0.15, 0.2) is 42.5 Å². The summed E-state index contributed by atoms with van der Waals surface area (Å²) in [5.41, 5.74) is 0.0655. The molecule has 0 aliphatic rings. The van der Waals surface area contributed by atoms with Crippen LogP contribution in [0.3, 0.4) is 0 Å². The number of carbonyl (C=O) groups excluding carboxylic acids is 3. The fourth-order valence-electron chi connectivity index (χ4n) is 1.91. The fraction of sp³-hybridized carbons (Fsp3) is 0.167. The van der Waals surface area contributed by atoms with Crippen LogP contribution in [0.1, 0.15) is 17.3 Å². The van der Waals surface area contributed by atoms with Gasteiger partial charge in [-0.15, -0.1) is 0 Å². The van der Waals surface area contributed by atoms with Crippen molar-refractivity contribution in [1.29, 1.82) is 0 Å². The third kappa shape index (κ3) is 5.66. The highest BCUT2D eigenvalue weighted by Crippen LogP contribution is 2.15. The van der Waals surface area contributed by atoms with Crippen LogP contribution in [-0.4, -0.2) is 30.9 Å². The summed E-state index contributed by atoms with van der Waals surface area (Å²) in [5, 5.41) is 2.09. The number of hydrogen-bond acceptors (Lipinski definition) is 5. The van der Waals surface area contributed by atoms with Crippen LogP contribution in [0.5, 0.6) is 5.75 Å². The zero-order valence-electron chi connectivity index (χ0n) is 13.8. The summed E-state index contributed by atoms with van der Waals surface area (Å²) in [6, 6.07) is 8.79. The molecule has 0 bridgehead atoms. The van der Waals surface area contributed by atoms with Gasteiger partial charge < -0.3 is 14.8 Å². The molecule has 2 aromatic rings. The summed E-state index contributed by atoms with van der Waals surface area (Å²) in [6.45, 7) is 0.224. The van der Waals surface area contributed by atoms with Gasteiger partial charge in [0.05, 0.1) is 5.69 Å². The molecular formula is C18H15F2NO5. The molecule has 2 aromatic carbocycles. The van der Waals surface area contributed by atoms with Crippen molar-refractivity contribution in [2.45, 2.75) is 6.92 Å². The molecule has 136 valence electrons. The van der Waals surface area contributed by atoms with Crippen LogP contribution in [0.2, 0.25) is 0 Å². The lowest BCUT2D eigenvalue weighted by Gasteiger charge is -2.09. The quantitative estimate of drug-likeness (QED) is 0.604. The summed E-state index contributed by atoms with van der Waals surface area (Å²) in [7, 11) is 0. The van der Waals surface area contributed by atoms with E-state index >= 15 is 0 Å². The second-order valence-corrected chi connectivity index (χ2v) is 5.21. The minimum absolute atomic E-state index is 0.153. The lowest BCUT2D eigenvalue weighted by Crippen LogP contribution is -2.24. The normalized spacial score (nSPS) is 10.1. The fourth-order valence-corrected chi connectivity index (χ4v) is 1.91. The molecule has 0 saturated carbocycles. The maximum absolute atomic E-state index is 13.4. The number of Topliss-reactive ketones (excluding diaryl/α,β-unsaturated/α-hetero) is 1. The second kappa shape index (κ2) is 8.70. The van der Waals surface area contributed by atoms with Crippen LogP contribution in [0.25, 0.3) is 0 Å². The zero-order valence-corrected chi connectivity index (χ0v) is 13.8. The van der Waals surface area contributed by atoms with E-state index in [1.807, 2.05) is 0 Å². The third-order valence-electron chi connectivity index (χ3n) is 3.16. The molecule has 0 fully saturated rings. The van der Waals surface area contributed by atoms with E-state index in [0.717, 1.165) is 18.2 Å². The van der Waals surface area contributed by atoms with Gasteiger partial charge in [0.2, 0.25) is 0 Å². The van der Waals surface area contributed by atoms with Crippen LogP contribution in [-0.2, 0) is 14.3 Å². The topological polar surface area (TPSA) is 81.7 Å². The van der Waals surface area contributed by atoms with Gasteiger partial charge in [-0.3, -0.25) is 9.59 Å². The van der Waals surface area contributed by atoms with Gasteiger partial charge in [-0.25, -0.2) is 13.6 Å². The standard InChI is InChI=1S/C18H15F2NO5/c1-11(22)12-3-2-4-14(7-12)25-10-18(24)26-9-17(23)21-16-8-13(19)5-6-15(16)20/h2-8H,9-10H2,1H3,(H,21,23). The Morgan fingerprint density at radius 1 is 1.04 bits per heavy atom. The Bertz CT molecular complexity index is 838. The number of anilines is 1. The predicted molar refractivity (Wildman–Crippen MR) is 87.9 cm³/mol. The lowest BCUT2D eigenvalue weighted by molar-refractivity contribution is -0.149. The number of ether oxygens (including phenoxy) is 2. The maximum Gasteiger partial charge on any atom is 0.344 e. The van der Waals surface area contributed by atoms with Crippen molar-refractivity contribution in [2.75, 3.05) is 18.5 Å². The summed E-state index contributed by atoms with van der Waals surface area (Å²) < 4.78 is 36.3. The molecule has 0 saturated heterocycles. The number of nitrogens with one attached hydrogen (secondary N) is 1. The first-order valence-electron chi connectivity index (χ1n) is 7.49. The van der Waals surface area contributed by atoms with E-state index in [4.69, 9.17) is 4.74 Å². The number of ketones is 1. The third-order valence-corrected chi connectivity index (χ3v) is 3.16. The number of rotatable bonds is 7. The molecule has 1 N–H and O–H groups in total. The minimum atomic E-state index is -0.840. The highest BCUT2D eigenvalue weighted by atomic mass is 19.1. The van der Waals surface area contributed by atoms with Gasteiger partial charge in [-0.1, -0.05) is 12.1 Å². The van der Waals surface area contributed by atoms with Gasteiger partial charge in [-0.05, 0) is 31.2 Å². The Kier molecular flexibility index (Phi) is 6.37. The molecule has 0 aliphatic heterocycles. The molecule has 0 spiro atoms. The van der Waals surface area contributed by atoms with Gasteiger partial charge in [-0.2, -0.15) is 0 Å². The largest absolute Gasteiger partial charge is 0.482 e. The SMILES string of the molecule is CC(=O)c1cccc(OCC(=O)OCC(=O)Nc2cc(F)ccc2F)c1. The minimum Gasteiger partial charge on any atom is -0.482 e.